The van der Waals surface area contributed by atoms with Gasteiger partial charge in [0.25, 0.3) is 0 Å². The molecule has 2 fully saturated rings. The Morgan fingerprint density at radius 2 is 1.40 bits per heavy atom. The molecule has 3 N–H and O–H groups in total. The fourth-order valence-corrected chi connectivity index (χ4v) is 4.60. The molecule has 7 heteroatoms. The number of allylic oxidation sites excluding steroid dienone is 4. The number of hydrogen-bond donors (Lipinski definition) is 2. The number of hydrogen-bond acceptors (Lipinski definition) is 6. The van der Waals surface area contributed by atoms with E-state index in [0.717, 1.165) is 67.4 Å². The molecule has 2 saturated carbocycles. The number of nitrogens with zero attached hydrogens (tertiary/aromatic N) is 1. The number of nitrogens with one attached hydrogen (secondary N) is 1. The largest absolute Gasteiger partial charge is 0.495 e. The van der Waals surface area contributed by atoms with Crippen LogP contribution in [0.4, 0.5) is 4.79 Å². The van der Waals surface area contributed by atoms with Gasteiger partial charge < -0.3 is 30.2 Å². The number of aldehydes is 1. The summed E-state index contributed by atoms with van der Waals surface area (Å²) in [5.74, 6) is 1.35. The molecule has 0 aromatic carbocycles. The molecule has 266 valence electrons. The van der Waals surface area contributed by atoms with Gasteiger partial charge in [-0.1, -0.05) is 100.0 Å². The van der Waals surface area contributed by atoms with E-state index >= 15 is 0 Å². The van der Waals surface area contributed by atoms with Gasteiger partial charge in [-0.2, -0.15) is 0 Å². The van der Waals surface area contributed by atoms with E-state index in [1.54, 1.807) is 4.90 Å². The standard InChI is InChI=1S/C27H46N2O3.C4H10.C3H6O.C2H7N.C2H6/c1-6-12-22(19-31-27(30)29(5)23-13-10-11-14-23)26(28)21(4)17-18-25(20(2)3)32-24-15-8-7-9-16-24;1-3-4-2;1-2-3-4;1-3-2;1-2/h17-18,20,23-24H,6-16,19,28H2,1-5H3;3-4H2,1-2H3;3H,2H2,1H3;3H,1-2H3;1-2H3/b21-17+,25-18+,26-22+;;;;. The van der Waals surface area contributed by atoms with Crippen LogP contribution in [0.25, 0.3) is 0 Å². The summed E-state index contributed by atoms with van der Waals surface area (Å²) in [5, 5.41) is 2.75. The van der Waals surface area contributed by atoms with Crippen LogP contribution in [0.5, 0.6) is 0 Å². The molecule has 1 amide bonds. The second-order valence-electron chi connectivity index (χ2n) is 11.9. The summed E-state index contributed by atoms with van der Waals surface area (Å²) in [5.41, 5.74) is 9.21. The van der Waals surface area contributed by atoms with Crippen molar-refractivity contribution in [2.75, 3.05) is 27.7 Å². The van der Waals surface area contributed by atoms with Gasteiger partial charge in [0.2, 0.25) is 0 Å². The van der Waals surface area contributed by atoms with E-state index in [0.29, 0.717) is 24.5 Å². The van der Waals surface area contributed by atoms with Crippen LogP contribution in [-0.4, -0.2) is 57.2 Å². The molecule has 0 spiro atoms. The minimum Gasteiger partial charge on any atom is -0.495 e. The van der Waals surface area contributed by atoms with Crippen LogP contribution in [0.3, 0.4) is 0 Å². The van der Waals surface area contributed by atoms with Crippen LogP contribution in [0, 0.1) is 5.92 Å². The van der Waals surface area contributed by atoms with Crippen molar-refractivity contribution < 1.29 is 19.1 Å². The second-order valence-corrected chi connectivity index (χ2v) is 11.9. The molecule has 7 nitrogen and oxygen atoms in total. The van der Waals surface area contributed by atoms with E-state index in [2.05, 4.69) is 52.1 Å². The fourth-order valence-electron chi connectivity index (χ4n) is 4.60. The van der Waals surface area contributed by atoms with Crippen molar-refractivity contribution >= 4 is 12.4 Å². The van der Waals surface area contributed by atoms with Crippen LogP contribution >= 0.6 is 0 Å². The number of nitrogens with two attached hydrogens (primary N) is 1. The Balaban J connectivity index is -0.00000116. The molecule has 0 aromatic heterocycles. The van der Waals surface area contributed by atoms with E-state index in [4.69, 9.17) is 15.2 Å². The highest BCUT2D eigenvalue weighted by Gasteiger charge is 2.24. The molecule has 0 atom stereocenters. The van der Waals surface area contributed by atoms with Gasteiger partial charge in [-0.05, 0) is 83.2 Å². The molecule has 0 heterocycles. The number of rotatable bonds is 12. The van der Waals surface area contributed by atoms with Crippen LogP contribution in [-0.2, 0) is 14.3 Å². The lowest BCUT2D eigenvalue weighted by Gasteiger charge is -2.26. The molecule has 0 bridgehead atoms. The van der Waals surface area contributed by atoms with Gasteiger partial charge in [-0.25, -0.2) is 4.79 Å². The summed E-state index contributed by atoms with van der Waals surface area (Å²) < 4.78 is 12.0. The van der Waals surface area contributed by atoms with Gasteiger partial charge in [-0.15, -0.1) is 0 Å². The lowest BCUT2D eigenvalue weighted by Crippen LogP contribution is -2.36. The zero-order valence-electron chi connectivity index (χ0n) is 31.7. The summed E-state index contributed by atoms with van der Waals surface area (Å²) in [7, 11) is 5.60. The summed E-state index contributed by atoms with van der Waals surface area (Å²) in [6, 6.07) is 0.309. The molecule has 2 aliphatic carbocycles. The number of unbranched alkanes of at least 4 members (excludes halogenated alkanes) is 1. The van der Waals surface area contributed by atoms with E-state index in [-0.39, 0.29) is 12.7 Å². The van der Waals surface area contributed by atoms with Crippen molar-refractivity contribution in [2.45, 2.75) is 164 Å². The zero-order valence-corrected chi connectivity index (χ0v) is 31.7. The molecule has 2 rings (SSSR count). The first-order chi connectivity index (χ1) is 21.6. The number of ether oxygens (including phenoxy) is 2. The molecule has 0 aromatic rings. The van der Waals surface area contributed by atoms with Crippen molar-refractivity contribution in [3.05, 3.63) is 34.8 Å². The Hall–Kier alpha value is -2.28. The number of carbonyl (C=O) groups is 2. The van der Waals surface area contributed by atoms with Gasteiger partial charge in [-0.3, -0.25) is 0 Å². The lowest BCUT2D eigenvalue weighted by molar-refractivity contribution is -0.107. The van der Waals surface area contributed by atoms with Gasteiger partial charge in [0.1, 0.15) is 12.9 Å². The average molecular weight is 638 g/mol. The summed E-state index contributed by atoms with van der Waals surface area (Å²) >= 11 is 0. The molecule has 0 saturated heterocycles. The number of amides is 1. The van der Waals surface area contributed by atoms with Crippen LogP contribution in [0.2, 0.25) is 0 Å². The van der Waals surface area contributed by atoms with Crippen molar-refractivity contribution in [1.29, 1.82) is 0 Å². The Labute approximate surface area is 279 Å². The minimum absolute atomic E-state index is 0.247. The summed E-state index contributed by atoms with van der Waals surface area (Å²) in [6.45, 7) is 18.9. The Morgan fingerprint density at radius 1 is 0.911 bits per heavy atom. The smallest absolute Gasteiger partial charge is 0.410 e. The highest BCUT2D eigenvalue weighted by atomic mass is 16.6. The van der Waals surface area contributed by atoms with Crippen LogP contribution in [0.15, 0.2) is 34.8 Å². The quantitative estimate of drug-likeness (QED) is 0.126. The van der Waals surface area contributed by atoms with Crippen molar-refractivity contribution in [3.8, 4) is 0 Å². The van der Waals surface area contributed by atoms with Gasteiger partial charge in [0.05, 0.1) is 11.9 Å². The first-order valence-corrected chi connectivity index (χ1v) is 18.0. The maximum absolute atomic E-state index is 12.5. The Kier molecular flexibility index (Phi) is 34.7. The predicted molar refractivity (Wildman–Crippen MR) is 195 cm³/mol. The monoisotopic (exact) mass is 638 g/mol. The summed E-state index contributed by atoms with van der Waals surface area (Å²) in [6.07, 6.45) is 20.8. The van der Waals surface area contributed by atoms with Gasteiger partial charge >= 0.3 is 6.09 Å². The molecule has 0 radical (unpaired) electrons. The van der Waals surface area contributed by atoms with Crippen molar-refractivity contribution in [2.24, 2.45) is 11.7 Å². The predicted octanol–water partition coefficient (Wildman–Crippen LogP) is 10.1. The van der Waals surface area contributed by atoms with Gasteiger partial charge in [0, 0.05) is 31.1 Å². The third kappa shape index (κ3) is 24.6. The van der Waals surface area contributed by atoms with Gasteiger partial charge in [0.15, 0.2) is 0 Å². The first kappa shape index (κ1) is 47.1. The molecule has 2 aliphatic rings. The van der Waals surface area contributed by atoms with E-state index in [1.165, 1.54) is 44.9 Å². The zero-order chi connectivity index (χ0) is 35.0. The number of carbonyl (C=O) groups excluding carboxylic acids is 2. The van der Waals surface area contributed by atoms with Crippen LogP contribution in [0.1, 0.15) is 152 Å². The maximum Gasteiger partial charge on any atom is 0.410 e. The molecular formula is C38H75N3O4. The van der Waals surface area contributed by atoms with E-state index in [9.17, 15) is 9.59 Å². The first-order valence-electron chi connectivity index (χ1n) is 18.0. The highest BCUT2D eigenvalue weighted by molar-refractivity contribution is 5.68. The highest BCUT2D eigenvalue weighted by Crippen LogP contribution is 2.26. The molecule has 0 aliphatic heterocycles. The normalized spacial score (nSPS) is 15.8. The van der Waals surface area contributed by atoms with Crippen molar-refractivity contribution in [3.63, 3.8) is 0 Å². The average Bonchev–Trinajstić information content (AvgIpc) is 3.61. The Bertz CT molecular complexity index is 791. The SMILES string of the molecule is CC.CCC/C(COC(=O)N(C)C1CCCC1)=C(N)/C(C)=C/C=C(/OC1CCCCC1)C(C)C.CCC=O.CCCC.CNC. The molecule has 45 heavy (non-hydrogen) atoms. The third-order valence-electron chi connectivity index (χ3n) is 7.48. The summed E-state index contributed by atoms with van der Waals surface area (Å²) in [4.78, 5) is 23.4. The topological polar surface area (TPSA) is 93.9 Å². The minimum atomic E-state index is -0.247. The molecular weight excluding hydrogens is 562 g/mol. The van der Waals surface area contributed by atoms with E-state index in [1.807, 2.05) is 48.8 Å². The van der Waals surface area contributed by atoms with E-state index < -0.39 is 0 Å². The molecule has 0 unspecified atom stereocenters. The maximum atomic E-state index is 12.5. The fraction of sp³-hybridized carbons (Fsp3) is 0.789. The lowest BCUT2D eigenvalue weighted by atomic mass is 9.97. The van der Waals surface area contributed by atoms with Crippen molar-refractivity contribution in [1.82, 2.24) is 10.2 Å². The second kappa shape index (κ2) is 33.1. The van der Waals surface area contributed by atoms with Crippen LogP contribution < -0.4 is 11.1 Å². The third-order valence-corrected chi connectivity index (χ3v) is 7.48. The Morgan fingerprint density at radius 3 is 1.82 bits per heavy atom.